The van der Waals surface area contributed by atoms with Gasteiger partial charge in [-0.05, 0) is 67.9 Å². The Labute approximate surface area is 170 Å². The van der Waals surface area contributed by atoms with E-state index in [0.29, 0.717) is 5.92 Å². The zero-order valence-electron chi connectivity index (χ0n) is 16.0. The maximum absolute atomic E-state index is 12.5. The van der Waals surface area contributed by atoms with Gasteiger partial charge in [0.25, 0.3) is 0 Å². The van der Waals surface area contributed by atoms with Crippen molar-refractivity contribution in [2.45, 2.75) is 36.5 Å². The Morgan fingerprint density at radius 2 is 2.19 bits per heavy atom. The molecule has 0 bridgehead atoms. The molecule has 0 aliphatic carbocycles. The number of carbonyl (C=O) groups is 1. The number of amides is 1. The van der Waals surface area contributed by atoms with E-state index in [0.717, 1.165) is 36.8 Å². The molecule has 1 fully saturated rings. The topological polar surface area (TPSA) is 41.6 Å². The normalized spacial score (nSPS) is 18.8. The third-order valence-electron chi connectivity index (χ3n) is 4.87. The molecular weight excluding hydrogens is 376 g/mol. The Bertz CT molecular complexity index is 703. The van der Waals surface area contributed by atoms with E-state index in [1.165, 1.54) is 17.7 Å². The van der Waals surface area contributed by atoms with Crippen LogP contribution in [0.4, 0.5) is 0 Å². The SMILES string of the molecule is COc1ccc(SC(C)C(=O)NCC2CCCN(Cc3cccs3)C2)cc1. The van der Waals surface area contributed by atoms with Gasteiger partial charge in [0, 0.05) is 29.4 Å². The lowest BCUT2D eigenvalue weighted by Crippen LogP contribution is -2.42. The molecule has 1 saturated heterocycles. The molecule has 0 saturated carbocycles. The predicted octanol–water partition coefficient (Wildman–Crippen LogP) is 4.27. The first-order valence-electron chi connectivity index (χ1n) is 9.47. The summed E-state index contributed by atoms with van der Waals surface area (Å²) >= 11 is 3.41. The van der Waals surface area contributed by atoms with E-state index < -0.39 is 0 Å². The van der Waals surface area contributed by atoms with Crippen molar-refractivity contribution in [3.63, 3.8) is 0 Å². The lowest BCUT2D eigenvalue weighted by Gasteiger charge is -2.32. The van der Waals surface area contributed by atoms with Crippen LogP contribution < -0.4 is 10.1 Å². The van der Waals surface area contributed by atoms with Gasteiger partial charge in [-0.3, -0.25) is 9.69 Å². The van der Waals surface area contributed by atoms with Crippen LogP contribution in [0.5, 0.6) is 5.75 Å². The number of likely N-dealkylation sites (tertiary alicyclic amines) is 1. The van der Waals surface area contributed by atoms with Crippen LogP contribution in [0.15, 0.2) is 46.7 Å². The molecule has 2 heterocycles. The van der Waals surface area contributed by atoms with E-state index in [-0.39, 0.29) is 11.2 Å². The quantitative estimate of drug-likeness (QED) is 0.667. The molecule has 0 spiro atoms. The van der Waals surface area contributed by atoms with Gasteiger partial charge in [0.05, 0.1) is 12.4 Å². The lowest BCUT2D eigenvalue weighted by molar-refractivity contribution is -0.120. The monoisotopic (exact) mass is 404 g/mol. The van der Waals surface area contributed by atoms with Gasteiger partial charge in [-0.25, -0.2) is 0 Å². The smallest absolute Gasteiger partial charge is 0.233 e. The van der Waals surface area contributed by atoms with Crippen LogP contribution in [0.2, 0.25) is 0 Å². The summed E-state index contributed by atoms with van der Waals surface area (Å²) < 4.78 is 5.18. The molecule has 4 nitrogen and oxygen atoms in total. The maximum atomic E-state index is 12.5. The van der Waals surface area contributed by atoms with Crippen molar-refractivity contribution >= 4 is 29.0 Å². The third-order valence-corrected chi connectivity index (χ3v) is 6.84. The van der Waals surface area contributed by atoms with Crippen molar-refractivity contribution in [1.82, 2.24) is 10.2 Å². The Morgan fingerprint density at radius 3 is 2.89 bits per heavy atom. The standard InChI is InChI=1S/C21H28N2O2S2/c1-16(27-19-9-7-18(25-2)8-10-19)21(24)22-13-17-5-3-11-23(14-17)15-20-6-4-12-26-20/h4,6-10,12,16-17H,3,5,11,13-15H2,1-2H3,(H,22,24). The zero-order chi connectivity index (χ0) is 19.1. The van der Waals surface area contributed by atoms with E-state index in [9.17, 15) is 4.79 Å². The number of thioether (sulfide) groups is 1. The minimum atomic E-state index is -0.107. The molecule has 6 heteroatoms. The Morgan fingerprint density at radius 1 is 1.37 bits per heavy atom. The number of piperidine rings is 1. The fraction of sp³-hybridized carbons (Fsp3) is 0.476. The second kappa shape index (κ2) is 10.2. The van der Waals surface area contributed by atoms with Gasteiger partial charge in [-0.15, -0.1) is 23.1 Å². The summed E-state index contributed by atoms with van der Waals surface area (Å²) in [6.45, 7) is 6.00. The van der Waals surface area contributed by atoms with Gasteiger partial charge >= 0.3 is 0 Å². The number of nitrogens with one attached hydrogen (secondary N) is 1. The number of ether oxygens (including phenoxy) is 1. The molecule has 146 valence electrons. The summed E-state index contributed by atoms with van der Waals surface area (Å²) in [5, 5.41) is 5.20. The first-order chi connectivity index (χ1) is 13.1. The van der Waals surface area contributed by atoms with Crippen LogP contribution in [0.3, 0.4) is 0 Å². The molecule has 3 rings (SSSR count). The summed E-state index contributed by atoms with van der Waals surface area (Å²) in [4.78, 5) is 17.5. The van der Waals surface area contributed by atoms with E-state index >= 15 is 0 Å². The summed E-state index contributed by atoms with van der Waals surface area (Å²) in [6, 6.07) is 12.2. The van der Waals surface area contributed by atoms with Crippen LogP contribution in [0, 0.1) is 5.92 Å². The molecule has 1 aliphatic heterocycles. The highest BCUT2D eigenvalue weighted by Crippen LogP contribution is 2.26. The summed E-state index contributed by atoms with van der Waals surface area (Å²) in [6.07, 6.45) is 2.41. The molecule has 2 atom stereocenters. The van der Waals surface area contributed by atoms with Crippen molar-refractivity contribution in [3.8, 4) is 5.75 Å². The van der Waals surface area contributed by atoms with Gasteiger partial charge in [-0.1, -0.05) is 6.07 Å². The van der Waals surface area contributed by atoms with Gasteiger partial charge in [0.2, 0.25) is 5.91 Å². The molecule has 1 amide bonds. The second-order valence-electron chi connectivity index (χ2n) is 7.00. The number of methoxy groups -OCH3 is 1. The molecule has 27 heavy (non-hydrogen) atoms. The van der Waals surface area contributed by atoms with Crippen LogP contribution in [-0.4, -0.2) is 42.8 Å². The Kier molecular flexibility index (Phi) is 7.61. The van der Waals surface area contributed by atoms with Gasteiger partial charge in [-0.2, -0.15) is 0 Å². The first kappa shape index (κ1) is 20.2. The molecule has 2 unspecified atom stereocenters. The zero-order valence-corrected chi connectivity index (χ0v) is 17.7. The number of benzene rings is 1. The predicted molar refractivity (Wildman–Crippen MR) is 114 cm³/mol. The highest BCUT2D eigenvalue weighted by atomic mass is 32.2. The van der Waals surface area contributed by atoms with Gasteiger partial charge in [0.1, 0.15) is 5.75 Å². The number of carbonyl (C=O) groups excluding carboxylic acids is 1. The van der Waals surface area contributed by atoms with Gasteiger partial charge in [0.15, 0.2) is 0 Å². The number of rotatable bonds is 8. The molecule has 1 aromatic carbocycles. The minimum absolute atomic E-state index is 0.107. The number of hydrogen-bond donors (Lipinski definition) is 1. The first-order valence-corrected chi connectivity index (χ1v) is 11.2. The summed E-state index contributed by atoms with van der Waals surface area (Å²) in [7, 11) is 1.66. The van der Waals surface area contributed by atoms with Crippen molar-refractivity contribution in [2.75, 3.05) is 26.7 Å². The molecule has 1 N–H and O–H groups in total. The van der Waals surface area contributed by atoms with Crippen LogP contribution in [0.1, 0.15) is 24.6 Å². The summed E-state index contributed by atoms with van der Waals surface area (Å²) in [5.41, 5.74) is 0. The van der Waals surface area contributed by atoms with E-state index in [2.05, 4.69) is 27.7 Å². The summed E-state index contributed by atoms with van der Waals surface area (Å²) in [5.74, 6) is 1.49. The largest absolute Gasteiger partial charge is 0.497 e. The van der Waals surface area contributed by atoms with Crippen molar-refractivity contribution in [2.24, 2.45) is 5.92 Å². The van der Waals surface area contributed by atoms with Crippen molar-refractivity contribution in [3.05, 3.63) is 46.7 Å². The molecular formula is C21H28N2O2S2. The highest BCUT2D eigenvalue weighted by Gasteiger charge is 2.22. The lowest BCUT2D eigenvalue weighted by atomic mass is 9.98. The maximum Gasteiger partial charge on any atom is 0.233 e. The number of thiophene rings is 1. The Balaban J connectivity index is 1.42. The Hall–Kier alpha value is -1.50. The number of nitrogens with zero attached hydrogens (tertiary/aromatic N) is 1. The van der Waals surface area contributed by atoms with Crippen LogP contribution >= 0.6 is 23.1 Å². The highest BCUT2D eigenvalue weighted by molar-refractivity contribution is 8.00. The second-order valence-corrected chi connectivity index (χ2v) is 9.45. The molecule has 0 radical (unpaired) electrons. The number of hydrogen-bond acceptors (Lipinski definition) is 5. The van der Waals surface area contributed by atoms with Crippen LogP contribution in [-0.2, 0) is 11.3 Å². The minimum Gasteiger partial charge on any atom is -0.497 e. The van der Waals surface area contributed by atoms with Crippen molar-refractivity contribution in [1.29, 1.82) is 0 Å². The van der Waals surface area contributed by atoms with Crippen LogP contribution in [0.25, 0.3) is 0 Å². The van der Waals surface area contributed by atoms with E-state index in [4.69, 9.17) is 4.74 Å². The fourth-order valence-electron chi connectivity index (χ4n) is 3.39. The third kappa shape index (κ3) is 6.26. The molecule has 2 aromatic rings. The van der Waals surface area contributed by atoms with Crippen molar-refractivity contribution < 1.29 is 9.53 Å². The average Bonchev–Trinajstić information content (AvgIpc) is 3.20. The van der Waals surface area contributed by atoms with E-state index in [1.54, 1.807) is 18.9 Å². The van der Waals surface area contributed by atoms with Gasteiger partial charge < -0.3 is 10.1 Å². The average molecular weight is 405 g/mol. The molecule has 1 aromatic heterocycles. The van der Waals surface area contributed by atoms with E-state index in [1.807, 2.05) is 42.5 Å². The molecule has 1 aliphatic rings. The fourth-order valence-corrected chi connectivity index (χ4v) is 5.02.